The average molecular weight is 850 g/mol. The summed E-state index contributed by atoms with van der Waals surface area (Å²) in [6.07, 6.45) is 53.8. The number of esters is 1. The number of rotatable bonds is 43. The number of nitrogens with two attached hydrogens (primary N) is 1. The number of carboxylic acid groups (broad SMARTS) is 1. The smallest absolute Gasteiger partial charge is 0.472 e. The van der Waals surface area contributed by atoms with Gasteiger partial charge in [0.1, 0.15) is 12.1 Å². The fourth-order valence-electron chi connectivity index (χ4n) is 5.92. The summed E-state index contributed by atoms with van der Waals surface area (Å²) >= 11 is 0. The summed E-state index contributed by atoms with van der Waals surface area (Å²) in [6, 6.07) is -1.48. The standard InChI is InChI=1S/C48H84NO9P/c1-3-5-7-9-11-13-15-17-19-20-21-22-23-24-25-27-29-31-33-35-37-39-41-55-42-45(43-56-59(53,54)57-44-46(49)48(51)52)58-47(50)40-38-36-34-32-30-28-26-18-16-14-12-10-8-6-4-2/h5,7,11-14,17-19,21-22,26,45-46H,3-4,6,8-10,15-16,20,23-25,27-44,49H2,1-2H3,(H,51,52)(H,53,54)/b7-5-,13-11-,14-12-,19-17-,22-21-,26-18-. The predicted molar refractivity (Wildman–Crippen MR) is 244 cm³/mol. The van der Waals surface area contributed by atoms with Gasteiger partial charge in [-0.25, -0.2) is 4.57 Å². The second-order valence-electron chi connectivity index (χ2n) is 15.1. The summed E-state index contributed by atoms with van der Waals surface area (Å²) < 4.78 is 33.4. The van der Waals surface area contributed by atoms with Gasteiger partial charge in [-0.3, -0.25) is 18.6 Å². The van der Waals surface area contributed by atoms with E-state index in [1.165, 1.54) is 64.2 Å². The Morgan fingerprint density at radius 1 is 0.559 bits per heavy atom. The number of unbranched alkanes of at least 4 members (excludes halogenated alkanes) is 17. The molecule has 3 atom stereocenters. The van der Waals surface area contributed by atoms with Crippen molar-refractivity contribution in [2.24, 2.45) is 5.73 Å². The van der Waals surface area contributed by atoms with E-state index < -0.39 is 45.1 Å². The minimum absolute atomic E-state index is 0.00343. The van der Waals surface area contributed by atoms with Crippen LogP contribution in [0.5, 0.6) is 0 Å². The van der Waals surface area contributed by atoms with Crippen molar-refractivity contribution < 1.29 is 42.7 Å². The van der Waals surface area contributed by atoms with Crippen molar-refractivity contribution in [1.82, 2.24) is 0 Å². The molecule has 11 heteroatoms. The van der Waals surface area contributed by atoms with Crippen molar-refractivity contribution in [3.8, 4) is 0 Å². The highest BCUT2D eigenvalue weighted by Gasteiger charge is 2.27. The van der Waals surface area contributed by atoms with Gasteiger partial charge in [-0.05, 0) is 83.5 Å². The zero-order valence-corrected chi connectivity index (χ0v) is 38.0. The van der Waals surface area contributed by atoms with Crippen LogP contribution in [0, 0.1) is 0 Å². The summed E-state index contributed by atoms with van der Waals surface area (Å²) in [4.78, 5) is 33.6. The molecule has 0 aromatic carbocycles. The molecule has 3 unspecified atom stereocenters. The Bertz CT molecular complexity index is 1210. The van der Waals surface area contributed by atoms with E-state index in [4.69, 9.17) is 29.4 Å². The van der Waals surface area contributed by atoms with Crippen molar-refractivity contribution in [2.45, 2.75) is 193 Å². The highest BCUT2D eigenvalue weighted by Crippen LogP contribution is 2.43. The molecule has 0 aliphatic carbocycles. The minimum atomic E-state index is -4.63. The third kappa shape index (κ3) is 43.3. The van der Waals surface area contributed by atoms with E-state index in [1.807, 2.05) is 0 Å². The first-order chi connectivity index (χ1) is 28.7. The summed E-state index contributed by atoms with van der Waals surface area (Å²) in [5.74, 6) is -1.80. The fourth-order valence-corrected chi connectivity index (χ4v) is 6.70. The Hall–Kier alpha value is -2.59. The van der Waals surface area contributed by atoms with Gasteiger partial charge < -0.3 is 25.2 Å². The number of carbonyl (C=O) groups excluding carboxylic acids is 1. The Morgan fingerprint density at radius 3 is 1.47 bits per heavy atom. The van der Waals surface area contributed by atoms with Crippen molar-refractivity contribution in [1.29, 1.82) is 0 Å². The van der Waals surface area contributed by atoms with E-state index in [1.54, 1.807) is 0 Å². The van der Waals surface area contributed by atoms with Crippen LogP contribution in [0.4, 0.5) is 0 Å². The number of hydrogen-bond acceptors (Lipinski definition) is 8. The van der Waals surface area contributed by atoms with Gasteiger partial charge >= 0.3 is 19.8 Å². The van der Waals surface area contributed by atoms with Gasteiger partial charge in [0.2, 0.25) is 0 Å². The molecule has 0 rings (SSSR count). The molecule has 10 nitrogen and oxygen atoms in total. The molecule has 0 saturated carbocycles. The van der Waals surface area contributed by atoms with Crippen LogP contribution in [0.15, 0.2) is 72.9 Å². The average Bonchev–Trinajstić information content (AvgIpc) is 3.21. The molecular weight excluding hydrogens is 765 g/mol. The van der Waals surface area contributed by atoms with Gasteiger partial charge in [-0.2, -0.15) is 0 Å². The topological polar surface area (TPSA) is 155 Å². The van der Waals surface area contributed by atoms with Crippen LogP contribution < -0.4 is 5.73 Å². The maximum atomic E-state index is 12.6. The fraction of sp³-hybridized carbons (Fsp3) is 0.708. The van der Waals surface area contributed by atoms with E-state index in [0.29, 0.717) is 13.0 Å². The van der Waals surface area contributed by atoms with Gasteiger partial charge in [0.05, 0.1) is 19.8 Å². The second kappa shape index (κ2) is 43.5. The van der Waals surface area contributed by atoms with Gasteiger partial charge in [-0.15, -0.1) is 0 Å². The van der Waals surface area contributed by atoms with Gasteiger partial charge in [0.25, 0.3) is 0 Å². The molecule has 0 aliphatic heterocycles. The van der Waals surface area contributed by atoms with Crippen molar-refractivity contribution in [3.05, 3.63) is 72.9 Å². The Labute approximate surface area is 359 Å². The quantitative estimate of drug-likeness (QED) is 0.0234. The van der Waals surface area contributed by atoms with Crippen LogP contribution in [-0.2, 0) is 32.7 Å². The molecule has 0 fully saturated rings. The molecule has 0 saturated heterocycles. The molecule has 0 bridgehead atoms. The summed E-state index contributed by atoms with van der Waals surface area (Å²) in [5.41, 5.74) is 5.36. The first-order valence-electron chi connectivity index (χ1n) is 23.0. The molecular formula is C48H84NO9P. The highest BCUT2D eigenvalue weighted by atomic mass is 31.2. The lowest BCUT2D eigenvalue weighted by Gasteiger charge is -2.20. The Kier molecular flexibility index (Phi) is 41.6. The third-order valence-corrected chi connectivity index (χ3v) is 10.4. The molecule has 340 valence electrons. The molecule has 0 aromatic heterocycles. The van der Waals surface area contributed by atoms with E-state index in [2.05, 4.69) is 86.8 Å². The lowest BCUT2D eigenvalue weighted by molar-refractivity contribution is -0.154. The number of phosphoric ester groups is 1. The van der Waals surface area contributed by atoms with Crippen LogP contribution in [0.1, 0.15) is 181 Å². The van der Waals surface area contributed by atoms with Crippen LogP contribution in [0.2, 0.25) is 0 Å². The number of hydrogen-bond donors (Lipinski definition) is 3. The van der Waals surface area contributed by atoms with E-state index in [0.717, 1.165) is 89.9 Å². The molecule has 0 radical (unpaired) electrons. The summed E-state index contributed by atoms with van der Waals surface area (Å²) in [5, 5.41) is 8.91. The number of aliphatic carboxylic acids is 1. The molecule has 4 N–H and O–H groups in total. The molecule has 0 spiro atoms. The van der Waals surface area contributed by atoms with Crippen molar-refractivity contribution in [3.63, 3.8) is 0 Å². The van der Waals surface area contributed by atoms with Crippen LogP contribution >= 0.6 is 7.82 Å². The number of phosphoric acid groups is 1. The van der Waals surface area contributed by atoms with Gasteiger partial charge in [0, 0.05) is 13.0 Å². The highest BCUT2D eigenvalue weighted by molar-refractivity contribution is 7.47. The van der Waals surface area contributed by atoms with Crippen molar-refractivity contribution in [2.75, 3.05) is 26.4 Å². The van der Waals surface area contributed by atoms with Gasteiger partial charge in [-0.1, -0.05) is 164 Å². The summed E-state index contributed by atoms with van der Waals surface area (Å²) in [7, 11) is -4.63. The van der Waals surface area contributed by atoms with Gasteiger partial charge in [0.15, 0.2) is 0 Å². The van der Waals surface area contributed by atoms with Crippen molar-refractivity contribution >= 4 is 19.8 Å². The summed E-state index contributed by atoms with van der Waals surface area (Å²) in [6.45, 7) is 3.70. The van der Waals surface area contributed by atoms with Crippen LogP contribution in [0.3, 0.4) is 0 Å². The van der Waals surface area contributed by atoms with Crippen LogP contribution in [0.25, 0.3) is 0 Å². The lowest BCUT2D eigenvalue weighted by Crippen LogP contribution is -2.34. The molecule has 0 heterocycles. The maximum absolute atomic E-state index is 12.6. The first-order valence-corrected chi connectivity index (χ1v) is 24.5. The predicted octanol–water partition coefficient (Wildman–Crippen LogP) is 13.0. The normalized spacial score (nSPS) is 14.5. The van der Waals surface area contributed by atoms with Crippen LogP contribution in [-0.4, -0.2) is 60.5 Å². The Balaban J connectivity index is 4.22. The largest absolute Gasteiger partial charge is 0.480 e. The molecule has 0 aromatic rings. The van der Waals surface area contributed by atoms with E-state index in [-0.39, 0.29) is 13.0 Å². The van der Waals surface area contributed by atoms with E-state index in [9.17, 15) is 19.0 Å². The molecule has 59 heavy (non-hydrogen) atoms. The molecule has 0 amide bonds. The Morgan fingerprint density at radius 2 is 0.983 bits per heavy atom. The first kappa shape index (κ1) is 56.4. The number of ether oxygens (including phenoxy) is 2. The lowest BCUT2D eigenvalue weighted by atomic mass is 10.1. The zero-order valence-electron chi connectivity index (χ0n) is 37.1. The molecule has 0 aliphatic rings. The zero-order chi connectivity index (χ0) is 43.3. The minimum Gasteiger partial charge on any atom is -0.480 e. The SMILES string of the molecule is CC/C=C\C/C=C\C/C=C\C/C=C\CCCCCCCCCCCOCC(COP(=O)(O)OCC(N)C(=O)O)OC(=O)CCCCCCC/C=C\C/C=C\CCCCC. The number of carboxylic acids is 1. The number of carbonyl (C=O) groups is 2. The maximum Gasteiger partial charge on any atom is 0.472 e. The van der Waals surface area contributed by atoms with E-state index >= 15 is 0 Å². The third-order valence-electron chi connectivity index (χ3n) is 9.47. The monoisotopic (exact) mass is 850 g/mol. The number of allylic oxidation sites excluding steroid dienone is 12. The second-order valence-corrected chi connectivity index (χ2v) is 16.6.